The van der Waals surface area contributed by atoms with E-state index in [0.29, 0.717) is 23.3 Å². The van der Waals surface area contributed by atoms with Gasteiger partial charge in [0.25, 0.3) is 0 Å². The molecule has 2 aromatic carbocycles. The molecule has 25 heavy (non-hydrogen) atoms. The molecule has 3 N–H and O–H groups in total. The van der Waals surface area contributed by atoms with Gasteiger partial charge in [0.05, 0.1) is 16.0 Å². The van der Waals surface area contributed by atoms with Crippen molar-refractivity contribution in [2.24, 2.45) is 0 Å². The van der Waals surface area contributed by atoms with Crippen LogP contribution in [0.15, 0.2) is 41.2 Å². The minimum Gasteiger partial charge on any atom is -0.427 e. The lowest BCUT2D eigenvalue weighted by Gasteiger charge is -2.10. The molecule has 3 aromatic rings. The molecule has 0 bridgehead atoms. The molecule has 3 rings (SSSR count). The van der Waals surface area contributed by atoms with E-state index in [2.05, 4.69) is 20.0 Å². The van der Waals surface area contributed by atoms with Crippen LogP contribution in [0.2, 0.25) is 0 Å². The van der Waals surface area contributed by atoms with Crippen molar-refractivity contribution in [3.63, 3.8) is 0 Å². The van der Waals surface area contributed by atoms with Crippen LogP contribution < -0.4 is 15.7 Å². The molecule has 8 nitrogen and oxygen atoms in total. The number of benzene rings is 2. The van der Waals surface area contributed by atoms with E-state index in [0.717, 1.165) is 17.7 Å². The number of aromatic amines is 2. The number of ether oxygens (including phenoxy) is 1. The van der Waals surface area contributed by atoms with Gasteiger partial charge in [0.1, 0.15) is 0 Å². The number of halogens is 2. The van der Waals surface area contributed by atoms with Crippen LogP contribution in [-0.4, -0.2) is 21.5 Å². The summed E-state index contributed by atoms with van der Waals surface area (Å²) in [6, 6.07) is 8.88. The van der Waals surface area contributed by atoms with Gasteiger partial charge in [-0.25, -0.2) is 4.79 Å². The lowest BCUT2D eigenvalue weighted by molar-refractivity contribution is -0.386. The smallest absolute Gasteiger partial charge is 0.387 e. The molecule has 0 amide bonds. The first kappa shape index (κ1) is 16.4. The second kappa shape index (κ2) is 6.59. The number of aromatic nitrogens is 2. The van der Waals surface area contributed by atoms with Gasteiger partial charge in [-0.2, -0.15) is 8.78 Å². The van der Waals surface area contributed by atoms with Crippen LogP contribution >= 0.6 is 0 Å². The van der Waals surface area contributed by atoms with E-state index in [1.807, 2.05) is 0 Å². The van der Waals surface area contributed by atoms with Crippen LogP contribution in [0.1, 0.15) is 5.56 Å². The molecule has 1 heterocycles. The Hall–Kier alpha value is -3.43. The molecule has 0 aliphatic heterocycles. The number of H-pyrrole nitrogens is 2. The number of hydrogen-bond donors (Lipinski definition) is 3. The van der Waals surface area contributed by atoms with E-state index in [1.165, 1.54) is 6.07 Å². The molecular weight excluding hydrogens is 338 g/mol. The third-order valence-corrected chi connectivity index (χ3v) is 3.45. The summed E-state index contributed by atoms with van der Waals surface area (Å²) in [5.41, 5.74) is 1.63. The van der Waals surface area contributed by atoms with Gasteiger partial charge in [-0.3, -0.25) is 10.1 Å². The fourth-order valence-electron chi connectivity index (χ4n) is 2.36. The largest absolute Gasteiger partial charge is 0.427 e. The average molecular weight is 350 g/mol. The number of nitro groups is 1. The number of nitrogens with zero attached hydrogens (tertiary/aromatic N) is 1. The average Bonchev–Trinajstić information content (AvgIpc) is 2.91. The van der Waals surface area contributed by atoms with Crippen LogP contribution in [0.4, 0.5) is 20.2 Å². The Balaban J connectivity index is 1.79. The first-order valence-corrected chi connectivity index (χ1v) is 7.10. The minimum absolute atomic E-state index is 0.315. The lowest BCUT2D eigenvalue weighted by atomic mass is 10.2. The molecule has 0 aliphatic carbocycles. The highest BCUT2D eigenvalue weighted by Crippen LogP contribution is 2.31. The van der Waals surface area contributed by atoms with Gasteiger partial charge >= 0.3 is 18.0 Å². The first-order chi connectivity index (χ1) is 11.9. The molecular formula is C15H12F2N4O4. The Morgan fingerprint density at radius 2 is 1.92 bits per heavy atom. The maximum atomic E-state index is 12.4. The van der Waals surface area contributed by atoms with Crippen LogP contribution in [0, 0.1) is 10.1 Å². The highest BCUT2D eigenvalue weighted by Gasteiger charge is 2.19. The van der Waals surface area contributed by atoms with Crippen LogP contribution in [0.3, 0.4) is 0 Å². The van der Waals surface area contributed by atoms with E-state index in [-0.39, 0.29) is 5.69 Å². The van der Waals surface area contributed by atoms with Gasteiger partial charge in [0, 0.05) is 24.4 Å². The monoisotopic (exact) mass is 350 g/mol. The van der Waals surface area contributed by atoms with Crippen molar-refractivity contribution in [1.29, 1.82) is 0 Å². The van der Waals surface area contributed by atoms with Gasteiger partial charge in [0.15, 0.2) is 0 Å². The van der Waals surface area contributed by atoms with Gasteiger partial charge < -0.3 is 20.0 Å². The van der Waals surface area contributed by atoms with Crippen molar-refractivity contribution >= 4 is 22.4 Å². The summed E-state index contributed by atoms with van der Waals surface area (Å²) in [5, 5.41) is 13.8. The predicted octanol–water partition coefficient (Wildman–Crippen LogP) is 2.98. The maximum Gasteiger partial charge on any atom is 0.387 e. The zero-order valence-electron chi connectivity index (χ0n) is 12.6. The van der Waals surface area contributed by atoms with E-state index in [9.17, 15) is 23.7 Å². The summed E-state index contributed by atoms with van der Waals surface area (Å²) < 4.78 is 29.0. The SMILES string of the molecule is O=c1[nH]c2ccc(CNc3ccc([N+](=O)[O-])c(OC(F)F)c3)cc2[nH]1. The number of imidazole rings is 1. The lowest BCUT2D eigenvalue weighted by Crippen LogP contribution is -2.06. The number of alkyl halides is 2. The molecule has 0 atom stereocenters. The first-order valence-electron chi connectivity index (χ1n) is 7.10. The summed E-state index contributed by atoms with van der Waals surface area (Å²) in [6.07, 6.45) is 0. The molecule has 0 fully saturated rings. The fourth-order valence-corrected chi connectivity index (χ4v) is 2.36. The number of fused-ring (bicyclic) bond motifs is 1. The molecule has 0 saturated heterocycles. The summed E-state index contributed by atoms with van der Waals surface area (Å²) in [5.74, 6) is -0.518. The normalized spacial score (nSPS) is 11.0. The summed E-state index contributed by atoms with van der Waals surface area (Å²) >= 11 is 0. The van der Waals surface area contributed by atoms with E-state index < -0.39 is 23.0 Å². The topological polar surface area (TPSA) is 113 Å². The van der Waals surface area contributed by atoms with Crippen LogP contribution in [0.25, 0.3) is 11.0 Å². The quantitative estimate of drug-likeness (QED) is 0.467. The second-order valence-corrected chi connectivity index (χ2v) is 5.13. The minimum atomic E-state index is -3.17. The van der Waals surface area contributed by atoms with Gasteiger partial charge in [-0.1, -0.05) is 6.07 Å². The highest BCUT2D eigenvalue weighted by atomic mass is 19.3. The second-order valence-electron chi connectivity index (χ2n) is 5.13. The molecule has 0 unspecified atom stereocenters. The van der Waals surface area contributed by atoms with Crippen molar-refractivity contribution in [3.05, 3.63) is 62.6 Å². The zero-order chi connectivity index (χ0) is 18.0. The third kappa shape index (κ3) is 3.74. The number of anilines is 1. The molecule has 130 valence electrons. The molecule has 0 saturated carbocycles. The molecule has 0 radical (unpaired) electrons. The fraction of sp³-hybridized carbons (Fsp3) is 0.133. The Morgan fingerprint density at radius 1 is 1.16 bits per heavy atom. The van der Waals surface area contributed by atoms with Crippen molar-refractivity contribution in [1.82, 2.24) is 9.97 Å². The van der Waals surface area contributed by atoms with Crippen molar-refractivity contribution in [2.75, 3.05) is 5.32 Å². The van der Waals surface area contributed by atoms with Crippen LogP contribution in [-0.2, 0) is 6.54 Å². The van der Waals surface area contributed by atoms with Crippen LogP contribution in [0.5, 0.6) is 5.75 Å². The highest BCUT2D eigenvalue weighted by molar-refractivity contribution is 5.75. The van der Waals surface area contributed by atoms with E-state index in [1.54, 1.807) is 18.2 Å². The van der Waals surface area contributed by atoms with E-state index in [4.69, 9.17) is 0 Å². The number of nitrogens with one attached hydrogen (secondary N) is 3. The van der Waals surface area contributed by atoms with Crippen molar-refractivity contribution in [3.8, 4) is 5.75 Å². The van der Waals surface area contributed by atoms with E-state index >= 15 is 0 Å². The number of hydrogen-bond acceptors (Lipinski definition) is 5. The summed E-state index contributed by atoms with van der Waals surface area (Å²) in [6.45, 7) is -2.85. The molecule has 10 heteroatoms. The molecule has 1 aromatic heterocycles. The molecule has 0 aliphatic rings. The van der Waals surface area contributed by atoms with Gasteiger partial charge in [-0.05, 0) is 23.8 Å². The Labute approximate surface area is 138 Å². The maximum absolute atomic E-state index is 12.4. The predicted molar refractivity (Wildman–Crippen MR) is 86.0 cm³/mol. The number of rotatable bonds is 6. The molecule has 0 spiro atoms. The standard InChI is InChI=1S/C15H12F2N4O4/c16-14(17)25-13-6-9(2-4-12(13)21(23)24)18-7-8-1-3-10-11(5-8)20-15(22)19-10/h1-6,14,18H,7H2,(H2,19,20,22). The zero-order valence-corrected chi connectivity index (χ0v) is 12.6. The van der Waals surface area contributed by atoms with Crippen molar-refractivity contribution in [2.45, 2.75) is 13.2 Å². The Morgan fingerprint density at radius 3 is 2.64 bits per heavy atom. The van der Waals surface area contributed by atoms with Gasteiger partial charge in [-0.15, -0.1) is 0 Å². The summed E-state index contributed by atoms with van der Waals surface area (Å²) in [7, 11) is 0. The van der Waals surface area contributed by atoms with Crippen molar-refractivity contribution < 1.29 is 18.4 Å². The summed E-state index contributed by atoms with van der Waals surface area (Å²) in [4.78, 5) is 26.5. The Kier molecular flexibility index (Phi) is 4.33. The Bertz CT molecular complexity index is 983. The third-order valence-electron chi connectivity index (χ3n) is 3.45. The number of nitro benzene ring substituents is 1. The van der Waals surface area contributed by atoms with Gasteiger partial charge in [0.2, 0.25) is 5.75 Å².